The zero-order chi connectivity index (χ0) is 32.5. The Hall–Kier alpha value is -1.58. The van der Waals surface area contributed by atoms with Crippen LogP contribution >= 0.6 is 0 Å². The molecule has 3 fully saturated rings. The van der Waals surface area contributed by atoms with E-state index in [1.807, 2.05) is 0 Å². The normalized spacial score (nSPS) is 33.0. The smallest absolute Gasteiger partial charge is 0.330 e. The first-order chi connectivity index (χ1) is 21.6. The van der Waals surface area contributed by atoms with Crippen molar-refractivity contribution in [2.45, 2.75) is 169 Å². The first-order valence-electron chi connectivity index (χ1n) is 19.3. The summed E-state index contributed by atoms with van der Waals surface area (Å²) >= 11 is 0. The highest BCUT2D eigenvalue weighted by atomic mass is 16.5. The molecule has 0 spiro atoms. The van der Waals surface area contributed by atoms with Gasteiger partial charge < -0.3 is 9.47 Å². The van der Waals surface area contributed by atoms with Crippen LogP contribution in [0.3, 0.4) is 0 Å². The fourth-order valence-corrected chi connectivity index (χ4v) is 10.7. The average Bonchev–Trinajstić information content (AvgIpc) is 3.37. The van der Waals surface area contributed by atoms with Gasteiger partial charge in [0.05, 0.1) is 6.61 Å². The second-order valence-electron chi connectivity index (χ2n) is 16.6. The molecule has 4 rings (SSSR count). The Morgan fingerprint density at radius 3 is 2.31 bits per heavy atom. The van der Waals surface area contributed by atoms with Crippen molar-refractivity contribution in [2.24, 2.45) is 46.3 Å². The summed E-state index contributed by atoms with van der Waals surface area (Å²) < 4.78 is 11.1. The van der Waals surface area contributed by atoms with Gasteiger partial charge in [-0.05, 0) is 104 Å². The lowest BCUT2D eigenvalue weighted by atomic mass is 9.47. The highest BCUT2D eigenvalue weighted by Gasteiger charge is 2.59. The maximum Gasteiger partial charge on any atom is 0.330 e. The number of allylic oxidation sites excluding steroid dienone is 1. The van der Waals surface area contributed by atoms with Gasteiger partial charge in [0, 0.05) is 18.9 Å². The van der Waals surface area contributed by atoms with Crippen molar-refractivity contribution in [3.05, 3.63) is 24.3 Å². The van der Waals surface area contributed by atoms with E-state index >= 15 is 0 Å². The zero-order valence-corrected chi connectivity index (χ0v) is 29.9. The first kappa shape index (κ1) is 36.3. The monoisotopic (exact) mass is 625 g/mol. The fourth-order valence-electron chi connectivity index (χ4n) is 10.7. The van der Waals surface area contributed by atoms with E-state index in [1.54, 1.807) is 5.57 Å². The van der Waals surface area contributed by atoms with Crippen LogP contribution < -0.4 is 0 Å². The number of carbonyl (C=O) groups is 2. The van der Waals surface area contributed by atoms with Crippen LogP contribution in [0.25, 0.3) is 0 Å². The maximum atomic E-state index is 12.7. The highest BCUT2D eigenvalue weighted by Crippen LogP contribution is 2.67. The van der Waals surface area contributed by atoms with Crippen LogP contribution in [0.4, 0.5) is 0 Å². The standard InChI is InChI=1S/C41H68O4/c1-7-38(42)44-28-15-13-11-9-8-10-12-14-19-39(43)45-33-24-26-40(5)32(29-33)20-21-34-36-23-22-35(31(4)18-16-17-30(2)3)41(36,6)27-25-37(34)40/h7,20,30-31,33-37H,1,8-19,21-29H2,2-6H3/t31-,33?,34+,35-,36+,37+,40+,41-/m1/s1. The average molecular weight is 625 g/mol. The Balaban J connectivity index is 1.15. The Labute approximate surface area is 276 Å². The third kappa shape index (κ3) is 9.28. The van der Waals surface area contributed by atoms with Crippen LogP contribution in [0.5, 0.6) is 0 Å². The third-order valence-electron chi connectivity index (χ3n) is 13.2. The predicted octanol–water partition coefficient (Wildman–Crippen LogP) is 11.2. The number of fused-ring (bicyclic) bond motifs is 5. The van der Waals surface area contributed by atoms with Crippen LogP contribution in [0.1, 0.15) is 163 Å². The number of rotatable bonds is 18. The Bertz CT molecular complexity index is 997. The molecule has 0 saturated heterocycles. The van der Waals surface area contributed by atoms with Crippen LogP contribution in [0.15, 0.2) is 24.3 Å². The summed E-state index contributed by atoms with van der Waals surface area (Å²) in [6.07, 6.45) is 27.6. The van der Waals surface area contributed by atoms with Crippen LogP contribution in [0, 0.1) is 46.3 Å². The summed E-state index contributed by atoms with van der Waals surface area (Å²) in [5.41, 5.74) is 2.47. The number of hydrogen-bond acceptors (Lipinski definition) is 4. The largest absolute Gasteiger partial charge is 0.463 e. The molecule has 0 N–H and O–H groups in total. The topological polar surface area (TPSA) is 52.6 Å². The summed E-state index contributed by atoms with van der Waals surface area (Å²) in [5, 5.41) is 0. The Kier molecular flexibility index (Phi) is 13.7. The van der Waals surface area contributed by atoms with Gasteiger partial charge in [-0.2, -0.15) is 0 Å². The number of unbranched alkanes of at least 4 members (excludes halogenated alkanes) is 7. The number of hydrogen-bond donors (Lipinski definition) is 0. The van der Waals surface area contributed by atoms with Gasteiger partial charge in [-0.1, -0.05) is 111 Å². The molecule has 0 aromatic carbocycles. The molecule has 0 radical (unpaired) electrons. The first-order valence-corrected chi connectivity index (χ1v) is 19.3. The molecule has 4 nitrogen and oxygen atoms in total. The van der Waals surface area contributed by atoms with Gasteiger partial charge in [-0.3, -0.25) is 4.79 Å². The highest BCUT2D eigenvalue weighted by molar-refractivity contribution is 5.81. The molecule has 3 saturated carbocycles. The van der Waals surface area contributed by atoms with Crippen molar-refractivity contribution in [3.8, 4) is 0 Å². The van der Waals surface area contributed by atoms with E-state index in [2.05, 4.69) is 47.3 Å². The molecule has 0 aromatic heterocycles. The fraction of sp³-hybridized carbons (Fsp3) is 0.854. The van der Waals surface area contributed by atoms with E-state index in [9.17, 15) is 9.59 Å². The van der Waals surface area contributed by atoms with Gasteiger partial charge in [0.15, 0.2) is 0 Å². The maximum absolute atomic E-state index is 12.7. The quantitative estimate of drug-likeness (QED) is 0.0659. The lowest BCUT2D eigenvalue weighted by Crippen LogP contribution is -2.51. The minimum atomic E-state index is -0.332. The van der Waals surface area contributed by atoms with Gasteiger partial charge in [-0.25, -0.2) is 4.79 Å². The molecule has 4 heteroatoms. The van der Waals surface area contributed by atoms with Crippen LogP contribution in [-0.2, 0) is 19.1 Å². The van der Waals surface area contributed by atoms with E-state index in [-0.39, 0.29) is 18.0 Å². The molecule has 4 aliphatic carbocycles. The van der Waals surface area contributed by atoms with Gasteiger partial charge in [0.2, 0.25) is 0 Å². The lowest BCUT2D eigenvalue weighted by molar-refractivity contribution is -0.151. The minimum Gasteiger partial charge on any atom is -0.463 e. The van der Waals surface area contributed by atoms with Gasteiger partial charge in [0.1, 0.15) is 6.10 Å². The zero-order valence-electron chi connectivity index (χ0n) is 29.9. The van der Waals surface area contributed by atoms with Crippen molar-refractivity contribution in [1.29, 1.82) is 0 Å². The SMILES string of the molecule is C=CC(=O)OCCCCCCCCCCC(=O)OC1CC[C@@]2(C)C(=CC[C@H]3[C@@H]4CC[C@H]([C@H](C)CCCC(C)C)[C@@]4(C)CC[C@@H]32)C1. The third-order valence-corrected chi connectivity index (χ3v) is 13.2. The minimum absolute atomic E-state index is 0.0138. The molecule has 45 heavy (non-hydrogen) atoms. The molecule has 1 unspecified atom stereocenters. The van der Waals surface area contributed by atoms with Crippen molar-refractivity contribution in [1.82, 2.24) is 0 Å². The van der Waals surface area contributed by atoms with Crippen molar-refractivity contribution in [3.63, 3.8) is 0 Å². The van der Waals surface area contributed by atoms with Crippen LogP contribution in [-0.4, -0.2) is 24.6 Å². The summed E-state index contributed by atoms with van der Waals surface area (Å²) in [7, 11) is 0. The molecule has 0 bridgehead atoms. The molecule has 0 heterocycles. The van der Waals surface area contributed by atoms with E-state index in [1.165, 1.54) is 89.5 Å². The van der Waals surface area contributed by atoms with Crippen molar-refractivity contribution >= 4 is 11.9 Å². The summed E-state index contributed by atoms with van der Waals surface area (Å²) in [4.78, 5) is 23.8. The molecule has 0 aliphatic heterocycles. The molecular formula is C41H68O4. The number of carbonyl (C=O) groups excluding carboxylic acids is 2. The van der Waals surface area contributed by atoms with E-state index in [0.717, 1.165) is 74.0 Å². The molecule has 0 aromatic rings. The van der Waals surface area contributed by atoms with Gasteiger partial charge in [0.25, 0.3) is 0 Å². The van der Waals surface area contributed by atoms with Gasteiger partial charge >= 0.3 is 11.9 Å². The molecule has 4 aliphatic rings. The predicted molar refractivity (Wildman–Crippen MR) is 186 cm³/mol. The van der Waals surface area contributed by atoms with E-state index in [4.69, 9.17) is 9.47 Å². The van der Waals surface area contributed by atoms with Crippen LogP contribution in [0.2, 0.25) is 0 Å². The molecule has 8 atom stereocenters. The lowest BCUT2D eigenvalue weighted by Gasteiger charge is -2.58. The Morgan fingerprint density at radius 1 is 0.889 bits per heavy atom. The van der Waals surface area contributed by atoms with Gasteiger partial charge in [-0.15, -0.1) is 0 Å². The van der Waals surface area contributed by atoms with Crippen molar-refractivity contribution in [2.75, 3.05) is 6.61 Å². The summed E-state index contributed by atoms with van der Waals surface area (Å²) in [6, 6.07) is 0. The Morgan fingerprint density at radius 2 is 1.60 bits per heavy atom. The second-order valence-corrected chi connectivity index (χ2v) is 16.6. The molecular weight excluding hydrogens is 556 g/mol. The van der Waals surface area contributed by atoms with E-state index < -0.39 is 0 Å². The molecule has 0 amide bonds. The summed E-state index contributed by atoms with van der Waals surface area (Å²) in [5.74, 6) is 4.85. The number of ether oxygens (including phenoxy) is 2. The van der Waals surface area contributed by atoms with E-state index in [0.29, 0.717) is 23.9 Å². The second kappa shape index (κ2) is 17.0. The number of esters is 2. The van der Waals surface area contributed by atoms with Crippen molar-refractivity contribution < 1.29 is 19.1 Å². The molecule has 256 valence electrons. The summed E-state index contributed by atoms with van der Waals surface area (Å²) in [6.45, 7) is 16.5.